The van der Waals surface area contributed by atoms with Crippen LogP contribution in [0.25, 0.3) is 11.3 Å². The zero-order valence-electron chi connectivity index (χ0n) is 11.1. The van der Waals surface area contributed by atoms with Crippen molar-refractivity contribution in [1.29, 1.82) is 0 Å². The van der Waals surface area contributed by atoms with Crippen LogP contribution >= 0.6 is 0 Å². The van der Waals surface area contributed by atoms with Crippen molar-refractivity contribution in [3.8, 4) is 11.3 Å². The second-order valence-electron chi connectivity index (χ2n) is 4.82. The number of nitrogens with zero attached hydrogens (tertiary/aromatic N) is 1. The molecule has 0 aliphatic carbocycles. The topological polar surface area (TPSA) is 12.9 Å². The lowest BCUT2D eigenvalue weighted by Gasteiger charge is -2.19. The molecule has 18 heavy (non-hydrogen) atoms. The summed E-state index contributed by atoms with van der Waals surface area (Å²) >= 11 is 0. The Hall–Kier alpha value is -1.50. The van der Waals surface area contributed by atoms with Crippen molar-refractivity contribution in [2.75, 3.05) is 0 Å². The van der Waals surface area contributed by atoms with Crippen molar-refractivity contribution >= 4 is 26.7 Å². The summed E-state index contributed by atoms with van der Waals surface area (Å²) in [7, 11) is 12.3. The molecule has 0 spiro atoms. The Morgan fingerprint density at radius 1 is 1.06 bits per heavy atom. The minimum absolute atomic E-state index is 0.331. The van der Waals surface area contributed by atoms with Crippen LogP contribution in [0.15, 0.2) is 30.3 Å². The molecule has 2 aromatic rings. The van der Waals surface area contributed by atoms with Gasteiger partial charge in [0.05, 0.1) is 5.69 Å². The van der Waals surface area contributed by atoms with Crippen LogP contribution < -0.4 is 11.1 Å². The predicted octanol–water partition coefficient (Wildman–Crippen LogP) is 1.77. The first-order chi connectivity index (χ1) is 8.52. The van der Waals surface area contributed by atoms with E-state index in [1.165, 1.54) is 0 Å². The summed E-state index contributed by atoms with van der Waals surface area (Å²) in [5.74, 6) is 0.331. The Kier molecular flexibility index (Phi) is 3.60. The smallest absolute Gasteiger partial charge is 0.142 e. The molecule has 1 heterocycles. The lowest BCUT2D eigenvalue weighted by atomic mass is 9.77. The average Bonchev–Trinajstić information content (AvgIpc) is 2.34. The monoisotopic (exact) mass is 231 g/mol. The van der Waals surface area contributed by atoms with E-state index >= 15 is 0 Å². The van der Waals surface area contributed by atoms with Gasteiger partial charge < -0.3 is 0 Å². The standard InChI is InChI=1S/C15H15B2N/c1-9(2)12-10(3)15(17)18-14(13(12)16)11-7-5-4-6-8-11/h4-9H,1-3H3. The molecular formula is C15H15B2N. The van der Waals surface area contributed by atoms with Crippen LogP contribution in [0.5, 0.6) is 0 Å². The molecule has 0 bridgehead atoms. The molecule has 0 unspecified atom stereocenters. The molecule has 86 valence electrons. The largest absolute Gasteiger partial charge is 0.265 e. The number of hydrogen-bond acceptors (Lipinski definition) is 1. The van der Waals surface area contributed by atoms with Gasteiger partial charge in [-0.15, -0.1) is 0 Å². The first-order valence-electron chi connectivity index (χ1n) is 6.13. The highest BCUT2D eigenvalue weighted by Crippen LogP contribution is 2.20. The van der Waals surface area contributed by atoms with Gasteiger partial charge in [-0.05, 0) is 35.1 Å². The fourth-order valence-electron chi connectivity index (χ4n) is 2.29. The van der Waals surface area contributed by atoms with Gasteiger partial charge in [0, 0.05) is 0 Å². The maximum Gasteiger partial charge on any atom is 0.142 e. The van der Waals surface area contributed by atoms with Crippen molar-refractivity contribution in [2.45, 2.75) is 26.7 Å². The fourth-order valence-corrected chi connectivity index (χ4v) is 2.29. The molecule has 0 aliphatic heterocycles. The number of hydrogen-bond donors (Lipinski definition) is 0. The summed E-state index contributed by atoms with van der Waals surface area (Å²) in [6, 6.07) is 9.92. The van der Waals surface area contributed by atoms with E-state index in [1.807, 2.05) is 37.3 Å². The van der Waals surface area contributed by atoms with Gasteiger partial charge in [0.2, 0.25) is 0 Å². The van der Waals surface area contributed by atoms with Gasteiger partial charge in [0.15, 0.2) is 0 Å². The SMILES string of the molecule is [B]c1nc(-c2ccccc2)c([B])c(C(C)C)c1C. The van der Waals surface area contributed by atoms with E-state index in [1.54, 1.807) is 0 Å². The first kappa shape index (κ1) is 12.9. The molecule has 0 N–H and O–H groups in total. The highest BCUT2D eigenvalue weighted by Gasteiger charge is 2.14. The zero-order chi connectivity index (χ0) is 13.3. The molecule has 1 aromatic heterocycles. The van der Waals surface area contributed by atoms with Crippen LogP contribution in [0.2, 0.25) is 0 Å². The quantitative estimate of drug-likeness (QED) is 0.717. The van der Waals surface area contributed by atoms with Crippen LogP contribution in [-0.2, 0) is 0 Å². The van der Waals surface area contributed by atoms with Gasteiger partial charge in [0.25, 0.3) is 0 Å². The summed E-state index contributed by atoms with van der Waals surface area (Å²) in [5, 5.41) is 0. The van der Waals surface area contributed by atoms with Crippen LogP contribution in [0.1, 0.15) is 30.9 Å². The summed E-state index contributed by atoms with van der Waals surface area (Å²) in [5.41, 5.74) is 5.17. The van der Waals surface area contributed by atoms with Crippen molar-refractivity contribution in [3.05, 3.63) is 41.5 Å². The molecule has 0 atom stereocenters. The molecule has 1 aromatic carbocycles. The normalized spacial score (nSPS) is 10.9. The lowest BCUT2D eigenvalue weighted by molar-refractivity contribution is 0.863. The van der Waals surface area contributed by atoms with Crippen molar-refractivity contribution < 1.29 is 0 Å². The third kappa shape index (κ3) is 2.22. The summed E-state index contributed by atoms with van der Waals surface area (Å²) in [6.07, 6.45) is 0. The molecule has 3 heteroatoms. The van der Waals surface area contributed by atoms with Gasteiger partial charge in [0.1, 0.15) is 15.7 Å². The van der Waals surface area contributed by atoms with E-state index < -0.39 is 0 Å². The zero-order valence-corrected chi connectivity index (χ0v) is 11.1. The Morgan fingerprint density at radius 2 is 1.67 bits per heavy atom. The van der Waals surface area contributed by atoms with E-state index in [-0.39, 0.29) is 0 Å². The third-order valence-electron chi connectivity index (χ3n) is 3.19. The van der Waals surface area contributed by atoms with Crippen LogP contribution in [0.3, 0.4) is 0 Å². The second kappa shape index (κ2) is 5.01. The van der Waals surface area contributed by atoms with Gasteiger partial charge in [-0.25, -0.2) is 0 Å². The predicted molar refractivity (Wildman–Crippen MR) is 79.3 cm³/mol. The van der Waals surface area contributed by atoms with E-state index in [4.69, 9.17) is 15.7 Å². The van der Waals surface area contributed by atoms with Crippen molar-refractivity contribution in [1.82, 2.24) is 4.98 Å². The molecule has 2 rings (SSSR count). The Labute approximate surface area is 111 Å². The van der Waals surface area contributed by atoms with E-state index in [0.717, 1.165) is 27.8 Å². The molecule has 4 radical (unpaired) electrons. The van der Waals surface area contributed by atoms with E-state index in [2.05, 4.69) is 18.8 Å². The minimum atomic E-state index is 0.331. The van der Waals surface area contributed by atoms with E-state index in [0.29, 0.717) is 11.5 Å². The van der Waals surface area contributed by atoms with Gasteiger partial charge in [-0.2, -0.15) is 0 Å². The maximum atomic E-state index is 6.27. The molecule has 1 nitrogen and oxygen atoms in total. The summed E-state index contributed by atoms with van der Waals surface area (Å²) in [4.78, 5) is 4.44. The summed E-state index contributed by atoms with van der Waals surface area (Å²) in [6.45, 7) is 6.21. The molecule has 0 aliphatic rings. The summed E-state index contributed by atoms with van der Waals surface area (Å²) < 4.78 is 0. The van der Waals surface area contributed by atoms with Gasteiger partial charge in [-0.3, -0.25) is 4.98 Å². The molecule has 0 saturated carbocycles. The Balaban J connectivity index is 2.71. The van der Waals surface area contributed by atoms with Crippen LogP contribution in [0, 0.1) is 6.92 Å². The molecule has 0 fully saturated rings. The van der Waals surface area contributed by atoms with E-state index in [9.17, 15) is 0 Å². The van der Waals surface area contributed by atoms with Crippen molar-refractivity contribution in [3.63, 3.8) is 0 Å². The fraction of sp³-hybridized carbons (Fsp3) is 0.267. The lowest BCUT2D eigenvalue weighted by Crippen LogP contribution is -2.27. The molecule has 0 amide bonds. The number of benzene rings is 1. The number of aromatic nitrogens is 1. The van der Waals surface area contributed by atoms with Crippen LogP contribution in [-0.4, -0.2) is 20.7 Å². The van der Waals surface area contributed by atoms with Gasteiger partial charge >= 0.3 is 0 Å². The Morgan fingerprint density at radius 3 is 2.22 bits per heavy atom. The maximum absolute atomic E-state index is 6.27. The highest BCUT2D eigenvalue weighted by molar-refractivity contribution is 6.39. The number of pyridine rings is 1. The van der Waals surface area contributed by atoms with Crippen molar-refractivity contribution in [2.24, 2.45) is 0 Å². The number of rotatable bonds is 2. The van der Waals surface area contributed by atoms with Crippen LogP contribution in [0.4, 0.5) is 0 Å². The first-order valence-corrected chi connectivity index (χ1v) is 6.13. The second-order valence-corrected chi connectivity index (χ2v) is 4.82. The van der Waals surface area contributed by atoms with Gasteiger partial charge in [-0.1, -0.05) is 49.6 Å². The Bertz CT molecular complexity index is 562. The highest BCUT2D eigenvalue weighted by atomic mass is 14.7. The third-order valence-corrected chi connectivity index (χ3v) is 3.19. The molecule has 0 saturated heterocycles. The molecular weight excluding hydrogens is 216 g/mol. The minimum Gasteiger partial charge on any atom is -0.265 e. The average molecular weight is 231 g/mol.